The van der Waals surface area contributed by atoms with Crippen LogP contribution in [-0.4, -0.2) is 43.4 Å². The molecule has 1 atom stereocenters. The highest BCUT2D eigenvalue weighted by molar-refractivity contribution is 7.87. The summed E-state index contributed by atoms with van der Waals surface area (Å²) in [5, 5.41) is 8.62. The molecule has 0 spiro atoms. The number of carbonyl (C=O) groups is 1. The Hall–Kier alpha value is -0.660. The van der Waals surface area contributed by atoms with E-state index in [9.17, 15) is 13.2 Å². The first-order chi connectivity index (χ1) is 9.83. The lowest BCUT2D eigenvalue weighted by Gasteiger charge is -2.30. The molecule has 0 aromatic heterocycles. The van der Waals surface area contributed by atoms with Crippen LogP contribution >= 0.6 is 0 Å². The van der Waals surface area contributed by atoms with Crippen LogP contribution in [0.3, 0.4) is 0 Å². The molecular weight excluding hydrogens is 292 g/mol. The second-order valence-electron chi connectivity index (χ2n) is 6.03. The number of rotatable bonds is 9. The van der Waals surface area contributed by atoms with E-state index in [2.05, 4.69) is 4.72 Å². The lowest BCUT2D eigenvalue weighted by Crippen LogP contribution is -2.45. The van der Waals surface area contributed by atoms with Gasteiger partial charge >= 0.3 is 5.97 Å². The molecule has 0 aliphatic heterocycles. The summed E-state index contributed by atoms with van der Waals surface area (Å²) in [6, 6.07) is 0.112. The first kappa shape index (κ1) is 18.4. The molecule has 0 aromatic carbocycles. The molecule has 21 heavy (non-hydrogen) atoms. The van der Waals surface area contributed by atoms with E-state index in [1.54, 1.807) is 7.05 Å². The highest BCUT2D eigenvalue weighted by Gasteiger charge is 2.27. The molecule has 1 fully saturated rings. The summed E-state index contributed by atoms with van der Waals surface area (Å²) in [5.74, 6) is -0.608. The number of aliphatic carboxylic acids is 1. The molecule has 1 aliphatic carbocycles. The van der Waals surface area contributed by atoms with Gasteiger partial charge in [-0.2, -0.15) is 12.7 Å². The Labute approximate surface area is 128 Å². The van der Waals surface area contributed by atoms with E-state index < -0.39 is 16.2 Å². The van der Waals surface area contributed by atoms with Crippen LogP contribution < -0.4 is 4.72 Å². The molecule has 0 saturated heterocycles. The van der Waals surface area contributed by atoms with Crippen molar-refractivity contribution in [3.05, 3.63) is 0 Å². The predicted molar refractivity (Wildman–Crippen MR) is 82.2 cm³/mol. The van der Waals surface area contributed by atoms with Gasteiger partial charge in [0.1, 0.15) is 0 Å². The van der Waals surface area contributed by atoms with E-state index >= 15 is 0 Å². The van der Waals surface area contributed by atoms with Crippen molar-refractivity contribution in [2.75, 3.05) is 13.6 Å². The Kier molecular flexibility index (Phi) is 7.62. The van der Waals surface area contributed by atoms with Crippen molar-refractivity contribution in [1.29, 1.82) is 0 Å². The largest absolute Gasteiger partial charge is 0.481 e. The van der Waals surface area contributed by atoms with E-state index in [1.165, 1.54) is 10.7 Å². The minimum atomic E-state index is -3.42. The Morgan fingerprint density at radius 2 is 1.90 bits per heavy atom. The third-order valence-corrected chi connectivity index (χ3v) is 5.87. The lowest BCUT2D eigenvalue weighted by atomic mass is 9.96. The molecule has 1 saturated carbocycles. The van der Waals surface area contributed by atoms with Gasteiger partial charge in [-0.05, 0) is 31.6 Å². The first-order valence-corrected chi connectivity index (χ1v) is 9.21. The van der Waals surface area contributed by atoms with Gasteiger partial charge < -0.3 is 5.11 Å². The maximum atomic E-state index is 12.2. The Bertz CT molecular complexity index is 419. The molecule has 124 valence electrons. The second kappa shape index (κ2) is 8.70. The van der Waals surface area contributed by atoms with E-state index in [1.807, 2.05) is 6.92 Å². The van der Waals surface area contributed by atoms with Crippen LogP contribution in [0.25, 0.3) is 0 Å². The van der Waals surface area contributed by atoms with Crippen LogP contribution in [0.5, 0.6) is 0 Å². The highest BCUT2D eigenvalue weighted by atomic mass is 32.2. The van der Waals surface area contributed by atoms with Crippen molar-refractivity contribution in [2.45, 2.75) is 64.3 Å². The lowest BCUT2D eigenvalue weighted by molar-refractivity contribution is -0.137. The molecular formula is C14H28N2O4S. The fourth-order valence-corrected chi connectivity index (χ4v) is 3.87. The monoisotopic (exact) mass is 320 g/mol. The van der Waals surface area contributed by atoms with Crippen LogP contribution in [0.1, 0.15) is 58.3 Å². The van der Waals surface area contributed by atoms with Crippen molar-refractivity contribution < 1.29 is 18.3 Å². The van der Waals surface area contributed by atoms with Gasteiger partial charge in [-0.1, -0.05) is 26.2 Å². The molecule has 0 aromatic rings. The highest BCUT2D eigenvalue weighted by Crippen LogP contribution is 2.23. The molecule has 0 bridgehead atoms. The molecule has 1 unspecified atom stereocenters. The van der Waals surface area contributed by atoms with Crippen molar-refractivity contribution >= 4 is 16.2 Å². The van der Waals surface area contributed by atoms with Crippen molar-refractivity contribution in [1.82, 2.24) is 9.03 Å². The number of nitrogens with zero attached hydrogens (tertiary/aromatic N) is 1. The topological polar surface area (TPSA) is 86.7 Å². The zero-order valence-corrected chi connectivity index (χ0v) is 13.9. The average Bonchev–Trinajstić information content (AvgIpc) is 2.45. The van der Waals surface area contributed by atoms with Crippen molar-refractivity contribution in [3.63, 3.8) is 0 Å². The van der Waals surface area contributed by atoms with E-state index in [0.29, 0.717) is 19.4 Å². The summed E-state index contributed by atoms with van der Waals surface area (Å²) in [5.41, 5.74) is 0. The number of hydrogen-bond acceptors (Lipinski definition) is 3. The van der Waals surface area contributed by atoms with Gasteiger partial charge in [-0.15, -0.1) is 0 Å². The van der Waals surface area contributed by atoms with Gasteiger partial charge in [0.2, 0.25) is 0 Å². The third kappa shape index (κ3) is 6.76. The number of nitrogens with one attached hydrogen (secondary N) is 1. The summed E-state index contributed by atoms with van der Waals surface area (Å²) >= 11 is 0. The molecule has 7 heteroatoms. The van der Waals surface area contributed by atoms with Gasteiger partial charge in [0, 0.05) is 26.1 Å². The Morgan fingerprint density at radius 3 is 2.48 bits per heavy atom. The third-order valence-electron chi connectivity index (χ3n) is 4.24. The van der Waals surface area contributed by atoms with Crippen molar-refractivity contribution in [2.24, 2.45) is 5.92 Å². The van der Waals surface area contributed by atoms with E-state index in [-0.39, 0.29) is 18.4 Å². The zero-order chi connectivity index (χ0) is 15.9. The molecule has 6 nitrogen and oxygen atoms in total. The van der Waals surface area contributed by atoms with Crippen LogP contribution in [0.15, 0.2) is 0 Å². The van der Waals surface area contributed by atoms with Crippen LogP contribution in [-0.2, 0) is 15.0 Å². The molecule has 1 aliphatic rings. The maximum absolute atomic E-state index is 12.2. The standard InChI is InChI=1S/C14H28N2O4S/c1-12(8-9-14(17)18)10-11-15-21(19,20)16(2)13-6-4-3-5-7-13/h12-13,15H,3-11H2,1-2H3,(H,17,18). The minimum absolute atomic E-state index is 0.112. The fourth-order valence-electron chi connectivity index (χ4n) is 2.69. The second-order valence-corrected chi connectivity index (χ2v) is 7.85. The van der Waals surface area contributed by atoms with Crippen molar-refractivity contribution in [3.8, 4) is 0 Å². The minimum Gasteiger partial charge on any atom is -0.481 e. The predicted octanol–water partition coefficient (Wildman–Crippen LogP) is 1.98. The molecule has 0 radical (unpaired) electrons. The van der Waals surface area contributed by atoms with Gasteiger partial charge in [0.15, 0.2) is 0 Å². The fraction of sp³-hybridized carbons (Fsp3) is 0.929. The first-order valence-electron chi connectivity index (χ1n) is 7.77. The van der Waals surface area contributed by atoms with Gasteiger partial charge in [0.05, 0.1) is 0 Å². The average molecular weight is 320 g/mol. The Balaban J connectivity index is 2.33. The molecule has 1 rings (SSSR count). The van der Waals surface area contributed by atoms with Crippen LogP contribution in [0, 0.1) is 5.92 Å². The van der Waals surface area contributed by atoms with Crippen LogP contribution in [0.4, 0.5) is 0 Å². The summed E-state index contributed by atoms with van der Waals surface area (Å²) in [6.07, 6.45) is 6.63. The smallest absolute Gasteiger partial charge is 0.303 e. The van der Waals surface area contributed by atoms with E-state index in [4.69, 9.17) is 5.11 Å². The normalized spacial score (nSPS) is 18.8. The van der Waals surface area contributed by atoms with Gasteiger partial charge in [0.25, 0.3) is 10.2 Å². The molecule has 0 heterocycles. The SMILES string of the molecule is CC(CCNS(=O)(=O)N(C)C1CCCCC1)CCC(=O)O. The number of hydrogen-bond donors (Lipinski definition) is 2. The summed E-state index contributed by atoms with van der Waals surface area (Å²) in [7, 11) is -1.77. The summed E-state index contributed by atoms with van der Waals surface area (Å²) < 4.78 is 28.5. The molecule has 0 amide bonds. The zero-order valence-electron chi connectivity index (χ0n) is 13.0. The van der Waals surface area contributed by atoms with E-state index in [0.717, 1.165) is 25.7 Å². The quantitative estimate of drug-likeness (QED) is 0.680. The van der Waals surface area contributed by atoms with Crippen LogP contribution in [0.2, 0.25) is 0 Å². The Morgan fingerprint density at radius 1 is 1.29 bits per heavy atom. The number of carboxylic acids is 1. The maximum Gasteiger partial charge on any atom is 0.303 e. The summed E-state index contributed by atoms with van der Waals surface area (Å²) in [4.78, 5) is 10.5. The number of carboxylic acid groups (broad SMARTS) is 1. The summed E-state index contributed by atoms with van der Waals surface area (Å²) in [6.45, 7) is 2.31. The van der Waals surface area contributed by atoms with Gasteiger partial charge in [-0.3, -0.25) is 4.79 Å². The van der Waals surface area contributed by atoms with Gasteiger partial charge in [-0.25, -0.2) is 4.72 Å². The molecule has 2 N–H and O–H groups in total.